The van der Waals surface area contributed by atoms with Gasteiger partial charge in [0.1, 0.15) is 21.6 Å². The second-order valence-corrected chi connectivity index (χ2v) is 8.57. The van der Waals surface area contributed by atoms with E-state index in [4.69, 9.17) is 27.6 Å². The third kappa shape index (κ3) is 3.40. The highest BCUT2D eigenvalue weighted by Crippen LogP contribution is 2.47. The molecule has 23 heavy (non-hydrogen) atoms. The average molecular weight is 375 g/mol. The van der Waals surface area contributed by atoms with Crippen molar-refractivity contribution in [2.45, 2.75) is 30.7 Å². The standard InChI is InChI=1S/C15H16Cl2N2O3S/c1-9-7-11(9)12-4-3-10(22-12)8-19(2)23(20,21)13-5-6-14(16)18-15(13)17/h3-6,9,11H,7-8H2,1-2H3/t9-,11-/m1/s1. The molecule has 0 spiro atoms. The monoisotopic (exact) mass is 374 g/mol. The number of pyridine rings is 1. The zero-order valence-electron chi connectivity index (χ0n) is 12.7. The zero-order chi connectivity index (χ0) is 16.8. The fraction of sp³-hybridized carbons (Fsp3) is 0.400. The molecule has 0 saturated heterocycles. The van der Waals surface area contributed by atoms with Crippen molar-refractivity contribution in [3.8, 4) is 0 Å². The molecular weight excluding hydrogens is 359 g/mol. The van der Waals surface area contributed by atoms with Crippen molar-refractivity contribution >= 4 is 33.2 Å². The van der Waals surface area contributed by atoms with Crippen LogP contribution in [0.5, 0.6) is 0 Å². The van der Waals surface area contributed by atoms with E-state index < -0.39 is 10.0 Å². The molecule has 8 heteroatoms. The quantitative estimate of drug-likeness (QED) is 0.743. The molecule has 5 nitrogen and oxygen atoms in total. The summed E-state index contributed by atoms with van der Waals surface area (Å²) < 4.78 is 32.1. The third-order valence-electron chi connectivity index (χ3n) is 4.00. The highest BCUT2D eigenvalue weighted by atomic mass is 35.5. The molecule has 0 amide bonds. The minimum Gasteiger partial charge on any atom is -0.464 e. The Balaban J connectivity index is 1.78. The van der Waals surface area contributed by atoms with Crippen molar-refractivity contribution in [3.05, 3.63) is 46.1 Å². The number of furan rings is 1. The van der Waals surface area contributed by atoms with E-state index in [2.05, 4.69) is 11.9 Å². The molecule has 2 aromatic heterocycles. The van der Waals surface area contributed by atoms with Gasteiger partial charge in [0.25, 0.3) is 0 Å². The lowest BCUT2D eigenvalue weighted by Gasteiger charge is -2.16. The predicted molar refractivity (Wildman–Crippen MR) is 88.1 cm³/mol. The fourth-order valence-corrected chi connectivity index (χ4v) is 4.23. The summed E-state index contributed by atoms with van der Waals surface area (Å²) in [6.07, 6.45) is 1.12. The molecular formula is C15H16Cl2N2O3S. The van der Waals surface area contributed by atoms with E-state index in [9.17, 15) is 8.42 Å². The summed E-state index contributed by atoms with van der Waals surface area (Å²) >= 11 is 11.6. The van der Waals surface area contributed by atoms with Gasteiger partial charge in [-0.3, -0.25) is 0 Å². The summed E-state index contributed by atoms with van der Waals surface area (Å²) in [6, 6.07) is 6.48. The van der Waals surface area contributed by atoms with E-state index in [1.807, 2.05) is 12.1 Å². The van der Waals surface area contributed by atoms with Gasteiger partial charge >= 0.3 is 0 Å². The molecule has 2 atom stereocenters. The van der Waals surface area contributed by atoms with Crippen molar-refractivity contribution in [2.24, 2.45) is 5.92 Å². The summed E-state index contributed by atoms with van der Waals surface area (Å²) in [5, 5.41) is 0.00196. The topological polar surface area (TPSA) is 63.4 Å². The van der Waals surface area contributed by atoms with Crippen LogP contribution in [0.1, 0.15) is 30.8 Å². The Kier molecular flexibility index (Phi) is 4.44. The van der Waals surface area contributed by atoms with Crippen LogP contribution in [0.3, 0.4) is 0 Å². The number of hydrogen-bond donors (Lipinski definition) is 0. The van der Waals surface area contributed by atoms with E-state index in [1.54, 1.807) is 0 Å². The first-order chi connectivity index (χ1) is 10.8. The van der Waals surface area contributed by atoms with Crippen LogP contribution in [0.15, 0.2) is 33.6 Å². The van der Waals surface area contributed by atoms with Crippen LogP contribution in [0.25, 0.3) is 0 Å². The normalized spacial score (nSPS) is 20.9. The minimum atomic E-state index is -3.77. The number of sulfonamides is 1. The lowest BCUT2D eigenvalue weighted by molar-refractivity contribution is 0.389. The molecule has 1 fully saturated rings. The van der Waals surface area contributed by atoms with Gasteiger partial charge in [0.15, 0.2) is 5.15 Å². The Hall–Kier alpha value is -1.08. The first-order valence-electron chi connectivity index (χ1n) is 7.16. The minimum absolute atomic E-state index is 0.0753. The summed E-state index contributed by atoms with van der Waals surface area (Å²) in [4.78, 5) is 3.70. The van der Waals surface area contributed by atoms with E-state index in [-0.39, 0.29) is 21.7 Å². The molecule has 124 valence electrons. The maximum absolute atomic E-state index is 12.6. The van der Waals surface area contributed by atoms with Crippen LogP contribution >= 0.6 is 23.2 Å². The van der Waals surface area contributed by atoms with E-state index in [0.717, 1.165) is 12.2 Å². The Bertz CT molecular complexity index is 835. The van der Waals surface area contributed by atoms with E-state index >= 15 is 0 Å². The van der Waals surface area contributed by atoms with Gasteiger partial charge < -0.3 is 4.42 Å². The van der Waals surface area contributed by atoms with Crippen molar-refractivity contribution in [2.75, 3.05) is 7.05 Å². The first-order valence-corrected chi connectivity index (χ1v) is 9.35. The summed E-state index contributed by atoms with van der Waals surface area (Å²) in [5.41, 5.74) is 0. The van der Waals surface area contributed by atoms with Gasteiger partial charge in [-0.2, -0.15) is 4.31 Å². The number of aromatic nitrogens is 1. The highest BCUT2D eigenvalue weighted by Gasteiger charge is 2.36. The molecule has 0 N–H and O–H groups in total. The van der Waals surface area contributed by atoms with Gasteiger partial charge in [-0.05, 0) is 36.6 Å². The molecule has 0 unspecified atom stereocenters. The van der Waals surface area contributed by atoms with Crippen LogP contribution < -0.4 is 0 Å². The SMILES string of the molecule is C[C@@H]1C[C@H]1c1ccc(CN(C)S(=O)(=O)c2ccc(Cl)nc2Cl)o1. The second-order valence-electron chi connectivity index (χ2n) is 5.81. The Morgan fingerprint density at radius 1 is 1.30 bits per heavy atom. The van der Waals surface area contributed by atoms with Gasteiger partial charge in [-0.1, -0.05) is 30.1 Å². The molecule has 0 bridgehead atoms. The molecule has 2 aromatic rings. The van der Waals surface area contributed by atoms with Crippen molar-refractivity contribution < 1.29 is 12.8 Å². The summed E-state index contributed by atoms with van der Waals surface area (Å²) in [7, 11) is -2.30. The smallest absolute Gasteiger partial charge is 0.246 e. The van der Waals surface area contributed by atoms with Crippen molar-refractivity contribution in [1.29, 1.82) is 0 Å². The third-order valence-corrected chi connectivity index (χ3v) is 6.45. The second kappa shape index (κ2) is 6.09. The lowest BCUT2D eigenvalue weighted by atomic mass is 10.3. The van der Waals surface area contributed by atoms with Gasteiger partial charge in [0, 0.05) is 13.0 Å². The van der Waals surface area contributed by atoms with Crippen LogP contribution in [0, 0.1) is 5.92 Å². The first kappa shape index (κ1) is 16.8. The zero-order valence-corrected chi connectivity index (χ0v) is 15.0. The average Bonchev–Trinajstić information content (AvgIpc) is 3.01. The largest absolute Gasteiger partial charge is 0.464 e. The molecule has 1 saturated carbocycles. The van der Waals surface area contributed by atoms with Gasteiger partial charge in [0.05, 0.1) is 6.54 Å². The number of halogens is 2. The van der Waals surface area contributed by atoms with E-state index in [0.29, 0.717) is 17.6 Å². The highest BCUT2D eigenvalue weighted by molar-refractivity contribution is 7.89. The molecule has 1 aliphatic carbocycles. The molecule has 3 rings (SSSR count). The van der Waals surface area contributed by atoms with Crippen LogP contribution in [0.4, 0.5) is 0 Å². The Labute approximate surface area is 145 Å². The molecule has 0 aliphatic heterocycles. The van der Waals surface area contributed by atoms with Gasteiger partial charge in [-0.15, -0.1) is 0 Å². The Morgan fingerprint density at radius 2 is 2.00 bits per heavy atom. The van der Waals surface area contributed by atoms with Crippen molar-refractivity contribution in [1.82, 2.24) is 9.29 Å². The lowest BCUT2D eigenvalue weighted by Crippen LogP contribution is -2.26. The van der Waals surface area contributed by atoms with Gasteiger partial charge in [0.2, 0.25) is 10.0 Å². The maximum Gasteiger partial charge on any atom is 0.246 e. The number of rotatable bonds is 5. The van der Waals surface area contributed by atoms with Crippen LogP contribution in [0.2, 0.25) is 10.3 Å². The fourth-order valence-electron chi connectivity index (χ4n) is 2.46. The predicted octanol–water partition coefficient (Wildman–Crippen LogP) is 3.93. The molecule has 0 aromatic carbocycles. The van der Waals surface area contributed by atoms with Crippen molar-refractivity contribution in [3.63, 3.8) is 0 Å². The maximum atomic E-state index is 12.6. The van der Waals surface area contributed by atoms with Gasteiger partial charge in [-0.25, -0.2) is 13.4 Å². The van der Waals surface area contributed by atoms with E-state index in [1.165, 1.54) is 23.5 Å². The summed E-state index contributed by atoms with van der Waals surface area (Å²) in [5.74, 6) is 2.61. The number of hydrogen-bond acceptors (Lipinski definition) is 4. The van der Waals surface area contributed by atoms with Crippen LogP contribution in [-0.2, 0) is 16.6 Å². The molecule has 2 heterocycles. The molecule has 0 radical (unpaired) electrons. The Morgan fingerprint density at radius 3 is 2.61 bits per heavy atom. The summed E-state index contributed by atoms with van der Waals surface area (Å²) in [6.45, 7) is 2.29. The number of nitrogens with zero attached hydrogens (tertiary/aromatic N) is 2. The van der Waals surface area contributed by atoms with Crippen LogP contribution in [-0.4, -0.2) is 24.8 Å². The molecule has 1 aliphatic rings.